The van der Waals surface area contributed by atoms with Crippen molar-refractivity contribution in [1.82, 2.24) is 10.2 Å². The Morgan fingerprint density at radius 1 is 1.10 bits per heavy atom. The molecule has 0 aromatic rings. The van der Waals surface area contributed by atoms with Crippen molar-refractivity contribution in [1.29, 1.82) is 0 Å². The fraction of sp³-hybridized carbons (Fsp3) is 1.00. The van der Waals surface area contributed by atoms with Crippen LogP contribution in [0.25, 0.3) is 0 Å². The molecule has 2 fully saturated rings. The summed E-state index contributed by atoms with van der Waals surface area (Å²) < 4.78 is 23.8. The monoisotopic (exact) mass is 316 g/mol. The Hall–Kier alpha value is -0.130. The van der Waals surface area contributed by atoms with Crippen molar-refractivity contribution in [3.63, 3.8) is 0 Å². The first-order chi connectivity index (χ1) is 9.91. The van der Waals surface area contributed by atoms with Crippen LogP contribution >= 0.6 is 0 Å². The molecule has 1 aliphatic heterocycles. The Bertz CT molecular complexity index is 437. The average Bonchev–Trinajstić information content (AvgIpc) is 2.94. The van der Waals surface area contributed by atoms with Gasteiger partial charge in [0.1, 0.15) is 0 Å². The van der Waals surface area contributed by atoms with Crippen molar-refractivity contribution < 1.29 is 8.42 Å². The lowest BCUT2D eigenvalue weighted by Crippen LogP contribution is -2.69. The molecule has 0 aromatic heterocycles. The first kappa shape index (κ1) is 17.2. The second kappa shape index (κ2) is 6.55. The van der Waals surface area contributed by atoms with Gasteiger partial charge < -0.3 is 5.32 Å². The van der Waals surface area contributed by atoms with Gasteiger partial charge in [-0.2, -0.15) is 0 Å². The average molecular weight is 317 g/mol. The van der Waals surface area contributed by atoms with E-state index >= 15 is 0 Å². The first-order valence-electron chi connectivity index (χ1n) is 8.61. The van der Waals surface area contributed by atoms with E-state index in [0.29, 0.717) is 12.3 Å². The van der Waals surface area contributed by atoms with E-state index in [9.17, 15) is 8.42 Å². The van der Waals surface area contributed by atoms with E-state index in [2.05, 4.69) is 24.1 Å². The Kier molecular flexibility index (Phi) is 5.37. The Balaban J connectivity index is 2.13. The van der Waals surface area contributed by atoms with Crippen LogP contribution in [-0.2, 0) is 9.84 Å². The maximum atomic E-state index is 11.9. The number of nitrogens with one attached hydrogen (secondary N) is 1. The van der Waals surface area contributed by atoms with Crippen LogP contribution in [0.4, 0.5) is 0 Å². The van der Waals surface area contributed by atoms with Crippen molar-refractivity contribution in [2.24, 2.45) is 0 Å². The number of hydrogen-bond acceptors (Lipinski definition) is 4. The summed E-state index contributed by atoms with van der Waals surface area (Å²) in [5.41, 5.74) is 0.390. The zero-order chi connectivity index (χ0) is 15.6. The third-order valence-corrected chi connectivity index (χ3v) is 7.63. The Labute approximate surface area is 130 Å². The van der Waals surface area contributed by atoms with E-state index in [0.717, 1.165) is 25.9 Å². The topological polar surface area (TPSA) is 49.4 Å². The van der Waals surface area contributed by atoms with Crippen LogP contribution in [0.3, 0.4) is 0 Å². The highest BCUT2D eigenvalue weighted by atomic mass is 32.2. The van der Waals surface area contributed by atoms with Crippen LogP contribution in [-0.4, -0.2) is 55.5 Å². The summed E-state index contributed by atoms with van der Waals surface area (Å²) in [5, 5.41) is 3.84. The van der Waals surface area contributed by atoms with E-state index in [1.807, 2.05) is 0 Å². The normalized spacial score (nSPS) is 25.5. The summed E-state index contributed by atoms with van der Waals surface area (Å²) in [4.78, 5) is 2.50. The molecule has 1 heterocycles. The van der Waals surface area contributed by atoms with E-state index < -0.39 is 9.84 Å². The minimum Gasteiger partial charge on any atom is -0.308 e. The molecule has 1 saturated heterocycles. The predicted octanol–water partition coefficient (Wildman–Crippen LogP) is 2.20. The van der Waals surface area contributed by atoms with Gasteiger partial charge in [0.05, 0.1) is 5.75 Å². The molecule has 21 heavy (non-hydrogen) atoms. The lowest BCUT2D eigenvalue weighted by atomic mass is 9.82. The van der Waals surface area contributed by atoms with E-state index in [4.69, 9.17) is 0 Å². The summed E-state index contributed by atoms with van der Waals surface area (Å²) >= 11 is 0. The highest BCUT2D eigenvalue weighted by Crippen LogP contribution is 2.38. The molecule has 0 atom stereocenters. The second-order valence-electron chi connectivity index (χ2n) is 6.93. The smallest absolute Gasteiger partial charge is 0.151 e. The van der Waals surface area contributed by atoms with Gasteiger partial charge in [-0.15, -0.1) is 0 Å². The van der Waals surface area contributed by atoms with Crippen LogP contribution in [0.5, 0.6) is 0 Å². The van der Waals surface area contributed by atoms with Gasteiger partial charge in [0.15, 0.2) is 9.84 Å². The number of nitrogens with zero attached hydrogens (tertiary/aromatic N) is 1. The van der Waals surface area contributed by atoms with Crippen LogP contribution in [0.15, 0.2) is 0 Å². The van der Waals surface area contributed by atoms with Crippen LogP contribution in [0, 0.1) is 0 Å². The van der Waals surface area contributed by atoms with Gasteiger partial charge in [-0.1, -0.05) is 33.6 Å². The molecule has 0 aromatic carbocycles. The highest BCUT2D eigenvalue weighted by molar-refractivity contribution is 7.91. The van der Waals surface area contributed by atoms with Crippen molar-refractivity contribution in [3.05, 3.63) is 0 Å². The molecule has 0 unspecified atom stereocenters. The molecule has 4 nitrogen and oxygen atoms in total. The van der Waals surface area contributed by atoms with Crippen LogP contribution < -0.4 is 5.32 Å². The van der Waals surface area contributed by atoms with Gasteiger partial charge in [0.25, 0.3) is 0 Å². The maximum absolute atomic E-state index is 11.9. The standard InChI is InChI=1S/C16H32N2O2S/c1-4-16(5-2)13-17-15(9-7-8-10-15)14-18(16)11-12-21(19,20)6-3/h17H,4-14H2,1-3H3. The highest BCUT2D eigenvalue weighted by Gasteiger charge is 2.46. The van der Waals surface area contributed by atoms with E-state index in [1.54, 1.807) is 6.92 Å². The lowest BCUT2D eigenvalue weighted by Gasteiger charge is -2.53. The molecule has 1 aliphatic carbocycles. The predicted molar refractivity (Wildman–Crippen MR) is 88.4 cm³/mol. The summed E-state index contributed by atoms with van der Waals surface area (Å²) in [6.45, 7) is 8.94. The van der Waals surface area contributed by atoms with Crippen LogP contribution in [0.2, 0.25) is 0 Å². The third-order valence-electron chi connectivity index (χ3n) is 5.95. The molecule has 0 amide bonds. The van der Waals surface area contributed by atoms with E-state index in [-0.39, 0.29) is 16.8 Å². The summed E-state index contributed by atoms with van der Waals surface area (Å²) in [6.07, 6.45) is 7.26. The Morgan fingerprint density at radius 2 is 1.71 bits per heavy atom. The molecule has 124 valence electrons. The van der Waals surface area contributed by atoms with Crippen molar-refractivity contribution in [2.45, 2.75) is 70.4 Å². The maximum Gasteiger partial charge on any atom is 0.151 e. The quantitative estimate of drug-likeness (QED) is 0.816. The second-order valence-corrected chi connectivity index (χ2v) is 9.40. The van der Waals surface area contributed by atoms with Gasteiger partial charge in [-0.3, -0.25) is 4.90 Å². The number of hydrogen-bond donors (Lipinski definition) is 1. The Morgan fingerprint density at radius 3 is 2.24 bits per heavy atom. The molecular formula is C16H32N2O2S. The van der Waals surface area contributed by atoms with Gasteiger partial charge >= 0.3 is 0 Å². The van der Waals surface area contributed by atoms with Gasteiger partial charge in [0, 0.05) is 36.5 Å². The SMILES string of the molecule is CCC1(CC)CNC2(CCCC2)CN1CCS(=O)(=O)CC. The summed E-state index contributed by atoms with van der Waals surface area (Å²) in [5.74, 6) is 0.566. The minimum atomic E-state index is -2.88. The zero-order valence-corrected chi connectivity index (χ0v) is 14.8. The molecular weight excluding hydrogens is 284 g/mol. The van der Waals surface area contributed by atoms with Crippen LogP contribution in [0.1, 0.15) is 59.3 Å². The molecule has 1 saturated carbocycles. The summed E-state index contributed by atoms with van der Waals surface area (Å²) in [6, 6.07) is 0. The molecule has 1 N–H and O–H groups in total. The third kappa shape index (κ3) is 3.62. The molecule has 2 rings (SSSR count). The lowest BCUT2D eigenvalue weighted by molar-refractivity contribution is 0.00463. The minimum absolute atomic E-state index is 0.136. The first-order valence-corrected chi connectivity index (χ1v) is 10.4. The van der Waals surface area contributed by atoms with E-state index in [1.165, 1.54) is 25.7 Å². The van der Waals surface area contributed by atoms with Crippen molar-refractivity contribution >= 4 is 9.84 Å². The van der Waals surface area contributed by atoms with Crippen molar-refractivity contribution in [2.75, 3.05) is 31.1 Å². The number of sulfone groups is 1. The fourth-order valence-corrected chi connectivity index (χ4v) is 4.88. The molecule has 0 bridgehead atoms. The van der Waals surface area contributed by atoms with Gasteiger partial charge in [-0.05, 0) is 25.7 Å². The summed E-state index contributed by atoms with van der Waals surface area (Å²) in [7, 11) is -2.88. The number of piperazine rings is 1. The zero-order valence-electron chi connectivity index (χ0n) is 14.0. The largest absolute Gasteiger partial charge is 0.308 e. The number of rotatable bonds is 6. The molecule has 2 aliphatic rings. The molecule has 0 radical (unpaired) electrons. The van der Waals surface area contributed by atoms with Gasteiger partial charge in [0.2, 0.25) is 0 Å². The fourth-order valence-electron chi connectivity index (χ4n) is 4.10. The molecule has 5 heteroatoms. The van der Waals surface area contributed by atoms with Gasteiger partial charge in [-0.25, -0.2) is 8.42 Å². The van der Waals surface area contributed by atoms with Crippen molar-refractivity contribution in [3.8, 4) is 0 Å². The molecule has 1 spiro atoms.